The molecule has 0 heterocycles. The van der Waals surface area contributed by atoms with Crippen LogP contribution in [0.4, 0.5) is 4.39 Å². The lowest BCUT2D eigenvalue weighted by Gasteiger charge is -2.09. The van der Waals surface area contributed by atoms with Crippen LogP contribution in [0.25, 0.3) is 5.57 Å². The number of hydrogen-bond donors (Lipinski definition) is 1. The zero-order valence-corrected chi connectivity index (χ0v) is 10.4. The Morgan fingerprint density at radius 1 is 1.35 bits per heavy atom. The fourth-order valence-electron chi connectivity index (χ4n) is 1.74. The van der Waals surface area contributed by atoms with E-state index in [0.717, 1.165) is 22.3 Å². The Labute approximate surface area is 102 Å². The summed E-state index contributed by atoms with van der Waals surface area (Å²) in [6.07, 6.45) is 3.86. The average Bonchev–Trinajstić information content (AvgIpc) is 2.23. The van der Waals surface area contributed by atoms with Gasteiger partial charge in [-0.05, 0) is 49.6 Å². The van der Waals surface area contributed by atoms with Crippen molar-refractivity contribution in [1.82, 2.24) is 0 Å². The molecular weight excluding hydrogens is 215 g/mol. The molecule has 1 nitrogen and oxygen atoms in total. The van der Waals surface area contributed by atoms with Gasteiger partial charge in [0.2, 0.25) is 0 Å². The van der Waals surface area contributed by atoms with Crippen molar-refractivity contribution in [3.05, 3.63) is 59.5 Å². The maximum Gasteiger partial charge on any atom is 0.165 e. The zero-order valence-electron chi connectivity index (χ0n) is 10.4. The van der Waals surface area contributed by atoms with E-state index in [4.69, 9.17) is 5.11 Å². The van der Waals surface area contributed by atoms with Gasteiger partial charge in [0, 0.05) is 0 Å². The van der Waals surface area contributed by atoms with Crippen LogP contribution in [0.2, 0.25) is 0 Å². The molecule has 1 rings (SSSR count). The first-order valence-corrected chi connectivity index (χ1v) is 5.45. The third-order valence-corrected chi connectivity index (χ3v) is 2.44. The highest BCUT2D eigenvalue weighted by atomic mass is 19.1. The fourth-order valence-corrected chi connectivity index (χ4v) is 1.74. The largest absolute Gasteiger partial charge is 0.505 e. The molecule has 0 radical (unpaired) electrons. The molecule has 17 heavy (non-hydrogen) atoms. The Balaban J connectivity index is 3.20. The Hall–Kier alpha value is -1.83. The van der Waals surface area contributed by atoms with E-state index < -0.39 is 5.82 Å². The van der Waals surface area contributed by atoms with E-state index >= 15 is 0 Å². The van der Waals surface area contributed by atoms with E-state index in [1.807, 2.05) is 32.9 Å². The van der Waals surface area contributed by atoms with E-state index in [2.05, 4.69) is 6.58 Å². The molecule has 1 aromatic carbocycles. The Morgan fingerprint density at radius 2 is 2.00 bits per heavy atom. The topological polar surface area (TPSA) is 20.2 Å². The van der Waals surface area contributed by atoms with Gasteiger partial charge in [-0.15, -0.1) is 0 Å². The van der Waals surface area contributed by atoms with Gasteiger partial charge in [-0.1, -0.05) is 30.4 Å². The highest BCUT2D eigenvalue weighted by Gasteiger charge is 2.07. The van der Waals surface area contributed by atoms with Crippen LogP contribution < -0.4 is 0 Å². The number of phenolic OH excluding ortho intramolecular Hbond substituents is 1. The van der Waals surface area contributed by atoms with Crippen LogP contribution in [0.5, 0.6) is 5.75 Å². The molecule has 0 saturated heterocycles. The van der Waals surface area contributed by atoms with Gasteiger partial charge in [0.1, 0.15) is 0 Å². The van der Waals surface area contributed by atoms with Crippen LogP contribution in [-0.2, 0) is 0 Å². The lowest BCUT2D eigenvalue weighted by molar-refractivity contribution is 0.432. The quantitative estimate of drug-likeness (QED) is 0.763. The molecule has 0 amide bonds. The van der Waals surface area contributed by atoms with E-state index in [1.165, 1.54) is 12.1 Å². The Morgan fingerprint density at radius 3 is 2.47 bits per heavy atom. The fraction of sp³-hybridized carbons (Fsp3) is 0.200. The van der Waals surface area contributed by atoms with Gasteiger partial charge in [0.05, 0.1) is 0 Å². The predicted molar refractivity (Wildman–Crippen MR) is 70.3 cm³/mol. The number of rotatable bonds is 3. The van der Waals surface area contributed by atoms with Gasteiger partial charge in [-0.2, -0.15) is 0 Å². The van der Waals surface area contributed by atoms with Crippen molar-refractivity contribution < 1.29 is 9.50 Å². The van der Waals surface area contributed by atoms with Gasteiger partial charge in [-0.3, -0.25) is 0 Å². The normalized spacial score (nSPS) is 12.7. The molecule has 0 fully saturated rings. The summed E-state index contributed by atoms with van der Waals surface area (Å²) in [7, 11) is 0. The first kappa shape index (κ1) is 13.2. The summed E-state index contributed by atoms with van der Waals surface area (Å²) in [5, 5.41) is 9.16. The van der Waals surface area contributed by atoms with Crippen molar-refractivity contribution in [2.24, 2.45) is 0 Å². The monoisotopic (exact) mass is 232 g/mol. The SMILES string of the molecule is C=C(C)/C=C(C)\C(=C/C)c1ccc(O)c(F)c1. The molecular formula is C15H17FO. The molecule has 0 aliphatic heterocycles. The van der Waals surface area contributed by atoms with Gasteiger partial charge in [-0.25, -0.2) is 4.39 Å². The predicted octanol–water partition coefficient (Wildman–Crippen LogP) is 4.46. The second-order valence-electron chi connectivity index (χ2n) is 4.04. The van der Waals surface area contributed by atoms with E-state index in [-0.39, 0.29) is 5.75 Å². The summed E-state index contributed by atoms with van der Waals surface area (Å²) < 4.78 is 13.3. The molecule has 0 atom stereocenters. The van der Waals surface area contributed by atoms with E-state index in [1.54, 1.807) is 6.07 Å². The van der Waals surface area contributed by atoms with Crippen molar-refractivity contribution in [3.8, 4) is 5.75 Å². The summed E-state index contributed by atoms with van der Waals surface area (Å²) in [6, 6.07) is 4.39. The number of hydrogen-bond acceptors (Lipinski definition) is 1. The highest BCUT2D eigenvalue weighted by molar-refractivity contribution is 5.79. The molecule has 1 N–H and O–H groups in total. The minimum absolute atomic E-state index is 0.328. The highest BCUT2D eigenvalue weighted by Crippen LogP contribution is 2.27. The second-order valence-corrected chi connectivity index (χ2v) is 4.04. The van der Waals surface area contributed by atoms with Crippen LogP contribution in [0.15, 0.2) is 48.1 Å². The molecule has 90 valence electrons. The van der Waals surface area contributed by atoms with Crippen LogP contribution in [0.1, 0.15) is 26.3 Å². The Bertz CT molecular complexity index is 496. The number of phenols is 1. The number of benzene rings is 1. The summed E-state index contributed by atoms with van der Waals surface area (Å²) >= 11 is 0. The standard InChI is InChI=1S/C15H17FO/c1-5-13(11(4)8-10(2)3)12-6-7-15(17)14(16)9-12/h5-9,17H,2H2,1,3-4H3/b11-8-,13-5+. The van der Waals surface area contributed by atoms with E-state index in [0.29, 0.717) is 0 Å². The third-order valence-electron chi connectivity index (χ3n) is 2.44. The maximum absolute atomic E-state index is 13.3. The van der Waals surface area contributed by atoms with Gasteiger partial charge in [0.15, 0.2) is 11.6 Å². The molecule has 0 aliphatic rings. The van der Waals surface area contributed by atoms with Crippen molar-refractivity contribution in [2.45, 2.75) is 20.8 Å². The van der Waals surface area contributed by atoms with Gasteiger partial charge >= 0.3 is 0 Å². The van der Waals surface area contributed by atoms with Crippen molar-refractivity contribution in [2.75, 3.05) is 0 Å². The second kappa shape index (κ2) is 5.48. The van der Waals surface area contributed by atoms with Crippen LogP contribution in [0, 0.1) is 5.82 Å². The lowest BCUT2D eigenvalue weighted by atomic mass is 9.97. The maximum atomic E-state index is 13.3. The molecule has 2 heteroatoms. The summed E-state index contributed by atoms with van der Waals surface area (Å²) in [6.45, 7) is 9.58. The van der Waals surface area contributed by atoms with Crippen LogP contribution >= 0.6 is 0 Å². The molecule has 0 aromatic heterocycles. The molecule has 1 aromatic rings. The van der Waals surface area contributed by atoms with E-state index in [9.17, 15) is 4.39 Å². The van der Waals surface area contributed by atoms with Crippen molar-refractivity contribution in [1.29, 1.82) is 0 Å². The Kier molecular flexibility index (Phi) is 4.27. The van der Waals surface area contributed by atoms with Crippen molar-refractivity contribution in [3.63, 3.8) is 0 Å². The van der Waals surface area contributed by atoms with Gasteiger partial charge < -0.3 is 5.11 Å². The zero-order chi connectivity index (χ0) is 13.0. The lowest BCUT2D eigenvalue weighted by Crippen LogP contribution is -1.89. The minimum Gasteiger partial charge on any atom is -0.505 e. The first-order valence-electron chi connectivity index (χ1n) is 5.45. The van der Waals surface area contributed by atoms with Crippen molar-refractivity contribution >= 4 is 5.57 Å². The smallest absolute Gasteiger partial charge is 0.165 e. The van der Waals surface area contributed by atoms with Crippen LogP contribution in [0.3, 0.4) is 0 Å². The first-order chi connectivity index (χ1) is 7.95. The average molecular weight is 232 g/mol. The molecule has 0 bridgehead atoms. The molecule has 0 saturated carbocycles. The number of halogens is 1. The number of aromatic hydroxyl groups is 1. The van der Waals surface area contributed by atoms with Gasteiger partial charge in [0.25, 0.3) is 0 Å². The molecule has 0 spiro atoms. The minimum atomic E-state index is -0.607. The third kappa shape index (κ3) is 3.31. The molecule has 0 aliphatic carbocycles. The summed E-state index contributed by atoms with van der Waals surface area (Å²) in [5.74, 6) is -0.935. The van der Waals surface area contributed by atoms with Crippen LogP contribution in [-0.4, -0.2) is 5.11 Å². The summed E-state index contributed by atoms with van der Waals surface area (Å²) in [5.41, 5.74) is 3.65. The number of allylic oxidation sites excluding steroid dienone is 5. The molecule has 0 unspecified atom stereocenters. The summed E-state index contributed by atoms with van der Waals surface area (Å²) in [4.78, 5) is 0.